The molecule has 0 unspecified atom stereocenters. The Morgan fingerprint density at radius 3 is 1.94 bits per heavy atom. The molecule has 1 saturated carbocycles. The van der Waals surface area contributed by atoms with Crippen molar-refractivity contribution in [3.63, 3.8) is 0 Å². The average molecular weight is 491 g/mol. The Bertz CT molecular complexity index is 592. The standard InChI is InChI=1S/C17H33N3O11.2H2O/c18-4-1-5(19)14(30-16-8(20)12(26)11(25)7(2-21)29-16)15(9(4)23)31-17-13(27)10(24)6(22)3-28-17;;/h4-17,21-27H,1-3,18-20H2;2*1H2/t4-,5+,6-,7-,8-,9+,10+,11-,12-,13-,14-,15-,16-,17-;;/m1../s1. The number of ether oxygens (including phenoxy) is 4. The summed E-state index contributed by atoms with van der Waals surface area (Å²) in [7, 11) is 0. The molecule has 1 aliphatic carbocycles. The van der Waals surface area contributed by atoms with E-state index in [1.807, 2.05) is 0 Å². The summed E-state index contributed by atoms with van der Waals surface area (Å²) in [6, 6.07) is -2.83. The van der Waals surface area contributed by atoms with Gasteiger partial charge in [-0.15, -0.1) is 0 Å². The maximum absolute atomic E-state index is 10.6. The summed E-state index contributed by atoms with van der Waals surface area (Å²) in [5, 5.41) is 69.7. The van der Waals surface area contributed by atoms with Gasteiger partial charge in [-0.05, 0) is 6.42 Å². The highest BCUT2D eigenvalue weighted by atomic mass is 16.7. The SMILES string of the molecule is N[C@H]1[C@@H](O[C@H]2[C@H](O[C@H]3OC[C@@H](O)[C@H](O)[C@H]3O)[C@@H](O)[C@H](N)C[C@@H]2N)O[C@H](CO)[C@@H](O)[C@@H]1O.O.O. The van der Waals surface area contributed by atoms with Gasteiger partial charge >= 0.3 is 0 Å². The Hall–Kier alpha value is -0.640. The smallest absolute Gasteiger partial charge is 0.186 e. The van der Waals surface area contributed by atoms with Crippen LogP contribution < -0.4 is 17.2 Å². The lowest BCUT2D eigenvalue weighted by atomic mass is 9.84. The van der Waals surface area contributed by atoms with Gasteiger partial charge in [0.15, 0.2) is 12.6 Å². The van der Waals surface area contributed by atoms with Crippen LogP contribution in [-0.4, -0.2) is 146 Å². The van der Waals surface area contributed by atoms with Gasteiger partial charge in [0.05, 0.1) is 25.4 Å². The highest BCUT2D eigenvalue weighted by molar-refractivity contribution is 5.01. The third kappa shape index (κ3) is 6.14. The average Bonchev–Trinajstić information content (AvgIpc) is 2.74. The summed E-state index contributed by atoms with van der Waals surface area (Å²) in [4.78, 5) is 0. The van der Waals surface area contributed by atoms with E-state index >= 15 is 0 Å². The normalized spacial score (nSPS) is 50.7. The summed E-state index contributed by atoms with van der Waals surface area (Å²) in [5.74, 6) is 0. The van der Waals surface area contributed by atoms with E-state index in [0.29, 0.717) is 0 Å². The monoisotopic (exact) mass is 491 g/mol. The molecular formula is C17H37N3O13. The maximum Gasteiger partial charge on any atom is 0.186 e. The first-order valence-electron chi connectivity index (χ1n) is 10.1. The van der Waals surface area contributed by atoms with Gasteiger partial charge in [-0.25, -0.2) is 0 Å². The molecule has 0 amide bonds. The van der Waals surface area contributed by atoms with Gasteiger partial charge in [0.1, 0.15) is 48.8 Å². The fraction of sp³-hybridized carbons (Fsp3) is 1.00. The second-order valence-corrected chi connectivity index (χ2v) is 8.29. The van der Waals surface area contributed by atoms with Gasteiger partial charge < -0.3 is 82.8 Å². The zero-order valence-electron chi connectivity index (χ0n) is 17.7. The van der Waals surface area contributed by atoms with Crippen molar-refractivity contribution in [2.45, 2.75) is 92.1 Å². The third-order valence-electron chi connectivity index (χ3n) is 6.03. The number of rotatable bonds is 5. The van der Waals surface area contributed by atoms with E-state index in [9.17, 15) is 35.7 Å². The molecule has 0 aromatic rings. The minimum Gasteiger partial charge on any atom is -0.412 e. The second-order valence-electron chi connectivity index (χ2n) is 8.29. The molecule has 3 aliphatic rings. The Morgan fingerprint density at radius 1 is 0.727 bits per heavy atom. The van der Waals surface area contributed by atoms with Crippen LogP contribution in [0, 0.1) is 0 Å². The van der Waals surface area contributed by atoms with E-state index < -0.39 is 92.2 Å². The van der Waals surface area contributed by atoms with E-state index in [1.165, 1.54) is 0 Å². The maximum atomic E-state index is 10.6. The number of nitrogens with two attached hydrogens (primary N) is 3. The number of aliphatic hydroxyl groups is 7. The summed E-state index contributed by atoms with van der Waals surface area (Å²) in [6.07, 6.45) is -14.9. The van der Waals surface area contributed by atoms with Gasteiger partial charge in [-0.2, -0.15) is 0 Å². The minimum absolute atomic E-state index is 0. The van der Waals surface area contributed by atoms with Crippen molar-refractivity contribution in [2.24, 2.45) is 17.2 Å². The number of hydrogen-bond donors (Lipinski definition) is 10. The van der Waals surface area contributed by atoms with Gasteiger partial charge in [-0.3, -0.25) is 0 Å². The molecule has 16 nitrogen and oxygen atoms in total. The highest BCUT2D eigenvalue weighted by Crippen LogP contribution is 2.30. The van der Waals surface area contributed by atoms with Crippen LogP contribution >= 0.6 is 0 Å². The molecule has 2 aliphatic heterocycles. The molecule has 0 aromatic carbocycles. The van der Waals surface area contributed by atoms with Crippen LogP contribution in [0.2, 0.25) is 0 Å². The molecule has 0 bridgehead atoms. The van der Waals surface area contributed by atoms with E-state index in [4.69, 9.17) is 36.1 Å². The van der Waals surface area contributed by atoms with E-state index in [0.717, 1.165) is 0 Å². The van der Waals surface area contributed by atoms with Crippen molar-refractivity contribution in [3.05, 3.63) is 0 Å². The van der Waals surface area contributed by atoms with Crippen LogP contribution in [0.3, 0.4) is 0 Å². The topological polar surface area (TPSA) is 320 Å². The first-order chi connectivity index (χ1) is 14.6. The molecule has 2 heterocycles. The summed E-state index contributed by atoms with van der Waals surface area (Å²) in [6.45, 7) is -0.939. The lowest BCUT2D eigenvalue weighted by Crippen LogP contribution is -2.68. The van der Waals surface area contributed by atoms with Crippen molar-refractivity contribution in [3.8, 4) is 0 Å². The molecular weight excluding hydrogens is 454 g/mol. The minimum atomic E-state index is -1.63. The lowest BCUT2D eigenvalue weighted by molar-refractivity contribution is -0.329. The van der Waals surface area contributed by atoms with E-state index in [1.54, 1.807) is 0 Å². The van der Waals surface area contributed by atoms with Gasteiger partial charge in [0, 0.05) is 12.1 Å². The van der Waals surface area contributed by atoms with Crippen LogP contribution in [0.5, 0.6) is 0 Å². The molecule has 2 saturated heterocycles. The van der Waals surface area contributed by atoms with Crippen LogP contribution in [0.1, 0.15) is 6.42 Å². The van der Waals surface area contributed by atoms with Crippen LogP contribution in [0.15, 0.2) is 0 Å². The second kappa shape index (κ2) is 12.4. The fourth-order valence-electron chi connectivity index (χ4n) is 4.04. The first kappa shape index (κ1) is 30.4. The van der Waals surface area contributed by atoms with Crippen LogP contribution in [0.4, 0.5) is 0 Å². The summed E-state index contributed by atoms with van der Waals surface area (Å²) >= 11 is 0. The quantitative estimate of drug-likeness (QED) is 0.171. The summed E-state index contributed by atoms with van der Waals surface area (Å²) in [5.41, 5.74) is 18.0. The molecule has 17 N–H and O–H groups in total. The molecule has 3 rings (SSSR count). The molecule has 198 valence electrons. The van der Waals surface area contributed by atoms with Crippen molar-refractivity contribution in [1.82, 2.24) is 0 Å². The Balaban J connectivity index is 0.00000272. The molecule has 33 heavy (non-hydrogen) atoms. The zero-order chi connectivity index (χ0) is 23.0. The molecule has 16 heteroatoms. The molecule has 0 radical (unpaired) electrons. The van der Waals surface area contributed by atoms with E-state index in [2.05, 4.69) is 0 Å². The predicted molar refractivity (Wildman–Crippen MR) is 107 cm³/mol. The fourth-order valence-corrected chi connectivity index (χ4v) is 4.04. The van der Waals surface area contributed by atoms with Crippen molar-refractivity contribution in [1.29, 1.82) is 0 Å². The number of hydrogen-bond acceptors (Lipinski definition) is 14. The zero-order valence-corrected chi connectivity index (χ0v) is 17.7. The van der Waals surface area contributed by atoms with E-state index in [-0.39, 0.29) is 24.0 Å². The Kier molecular flexibility index (Phi) is 11.4. The first-order valence-corrected chi connectivity index (χ1v) is 10.1. The summed E-state index contributed by atoms with van der Waals surface area (Å²) < 4.78 is 22.2. The predicted octanol–water partition coefficient (Wildman–Crippen LogP) is -8.27. The van der Waals surface area contributed by atoms with Crippen LogP contribution in [0.25, 0.3) is 0 Å². The molecule has 14 atom stereocenters. The van der Waals surface area contributed by atoms with Gasteiger partial charge in [-0.1, -0.05) is 0 Å². The van der Waals surface area contributed by atoms with Crippen molar-refractivity contribution < 1.29 is 65.6 Å². The molecule has 3 fully saturated rings. The highest BCUT2D eigenvalue weighted by Gasteiger charge is 2.51. The Labute approximate surface area is 189 Å². The van der Waals surface area contributed by atoms with Crippen LogP contribution in [-0.2, 0) is 18.9 Å². The largest absolute Gasteiger partial charge is 0.412 e. The van der Waals surface area contributed by atoms with Crippen molar-refractivity contribution >= 4 is 0 Å². The lowest BCUT2D eigenvalue weighted by Gasteiger charge is -2.48. The van der Waals surface area contributed by atoms with Crippen molar-refractivity contribution in [2.75, 3.05) is 13.2 Å². The molecule has 0 spiro atoms. The molecule has 0 aromatic heterocycles. The third-order valence-corrected chi connectivity index (χ3v) is 6.03. The Morgan fingerprint density at radius 2 is 1.33 bits per heavy atom. The van der Waals surface area contributed by atoms with Gasteiger partial charge in [0.25, 0.3) is 0 Å². The number of aliphatic hydroxyl groups excluding tert-OH is 7. The van der Waals surface area contributed by atoms with Gasteiger partial charge in [0.2, 0.25) is 0 Å².